The summed E-state index contributed by atoms with van der Waals surface area (Å²) in [6.07, 6.45) is 0. The number of hydrogen-bond donors (Lipinski definition) is 0. The van der Waals surface area contributed by atoms with Crippen LogP contribution in [0.25, 0.3) is 88.6 Å². The van der Waals surface area contributed by atoms with E-state index in [2.05, 4.69) is 192 Å². The molecule has 0 atom stereocenters. The Morgan fingerprint density at radius 2 is 0.912 bits per heavy atom. The molecule has 9 aromatic carbocycles. The molecule has 4 nitrogen and oxygen atoms in total. The minimum atomic E-state index is 0.619. The fourth-order valence-corrected chi connectivity index (χ4v) is 8.08. The molecule has 0 bridgehead atoms. The Hall–Kier alpha value is -7.69. The molecule has 0 fully saturated rings. The van der Waals surface area contributed by atoms with Gasteiger partial charge in [0.15, 0.2) is 5.58 Å². The van der Waals surface area contributed by atoms with Crippen LogP contribution in [0.2, 0.25) is 0 Å². The van der Waals surface area contributed by atoms with Crippen molar-refractivity contribution in [3.05, 3.63) is 206 Å². The predicted octanol–water partition coefficient (Wildman–Crippen LogP) is 15.0. The van der Waals surface area contributed by atoms with Crippen molar-refractivity contribution in [2.75, 3.05) is 4.90 Å². The molecule has 0 unspecified atom stereocenters. The number of nitrogens with zero attached hydrogens (tertiary/aromatic N) is 2. The molecule has 0 radical (unpaired) electrons. The fraction of sp³-hybridized carbons (Fsp3) is 0. The fourth-order valence-electron chi connectivity index (χ4n) is 8.08. The quantitative estimate of drug-likeness (QED) is 0.164. The first kappa shape index (κ1) is 32.7. The van der Waals surface area contributed by atoms with Crippen LogP contribution in [0.5, 0.6) is 0 Å². The van der Waals surface area contributed by atoms with Crippen molar-refractivity contribution >= 4 is 60.9 Å². The van der Waals surface area contributed by atoms with E-state index < -0.39 is 0 Å². The summed E-state index contributed by atoms with van der Waals surface area (Å²) in [5.74, 6) is 0.619. The molecule has 0 aliphatic carbocycles. The number of aromatic nitrogens is 1. The summed E-state index contributed by atoms with van der Waals surface area (Å²) in [7, 11) is 0. The molecule has 0 aliphatic rings. The largest absolute Gasteiger partial charge is 0.455 e. The van der Waals surface area contributed by atoms with Crippen LogP contribution in [0.1, 0.15) is 0 Å². The van der Waals surface area contributed by atoms with Crippen LogP contribution in [0.15, 0.2) is 215 Å². The molecule has 4 heteroatoms. The Bertz CT molecular complexity index is 3170. The third-order valence-electron chi connectivity index (χ3n) is 10.9. The number of anilines is 3. The van der Waals surface area contributed by atoms with Gasteiger partial charge in [-0.3, -0.25) is 0 Å². The van der Waals surface area contributed by atoms with Crippen molar-refractivity contribution in [1.82, 2.24) is 4.98 Å². The van der Waals surface area contributed by atoms with Crippen LogP contribution in [-0.4, -0.2) is 4.98 Å². The zero-order valence-electron chi connectivity index (χ0n) is 30.8. The molecule has 0 N–H and O–H groups in total. The van der Waals surface area contributed by atoms with E-state index in [9.17, 15) is 0 Å². The van der Waals surface area contributed by atoms with E-state index >= 15 is 0 Å². The van der Waals surface area contributed by atoms with Gasteiger partial charge in [0.05, 0.1) is 0 Å². The van der Waals surface area contributed by atoms with Crippen LogP contribution in [-0.2, 0) is 0 Å². The van der Waals surface area contributed by atoms with Crippen molar-refractivity contribution in [2.24, 2.45) is 0 Å². The molecule has 0 spiro atoms. The van der Waals surface area contributed by atoms with E-state index in [1.54, 1.807) is 0 Å². The number of furan rings is 1. The standard InChI is InChI=1S/C53H34N2O2/c1-3-11-35(12-4-1)36-23-28-43(29-24-36)55(42-14-5-2-6-15-42)44-30-25-38(26-31-44)51-45-16-8-7-13-41(45)33-47-46-32-27-40(34-50(46)56-52(47)51)37-19-21-39(22-20-37)53-54-48-17-9-10-18-49(48)57-53/h1-34H. The summed E-state index contributed by atoms with van der Waals surface area (Å²) < 4.78 is 12.9. The average molecular weight is 731 g/mol. The molecule has 2 aromatic heterocycles. The molecule has 11 aromatic rings. The molecule has 0 saturated carbocycles. The van der Waals surface area contributed by atoms with E-state index in [1.165, 1.54) is 16.5 Å². The Labute approximate surface area is 329 Å². The van der Waals surface area contributed by atoms with E-state index in [-0.39, 0.29) is 0 Å². The van der Waals surface area contributed by atoms with Crippen molar-refractivity contribution in [3.8, 4) is 44.8 Å². The van der Waals surface area contributed by atoms with Crippen LogP contribution in [0.4, 0.5) is 17.1 Å². The lowest BCUT2D eigenvalue weighted by Crippen LogP contribution is -2.09. The van der Waals surface area contributed by atoms with Gasteiger partial charge in [0.25, 0.3) is 0 Å². The highest BCUT2D eigenvalue weighted by atomic mass is 16.3. The predicted molar refractivity (Wildman–Crippen MR) is 235 cm³/mol. The van der Waals surface area contributed by atoms with E-state index in [0.29, 0.717) is 5.89 Å². The van der Waals surface area contributed by atoms with Crippen LogP contribution >= 0.6 is 0 Å². The molecule has 0 amide bonds. The summed E-state index contributed by atoms with van der Waals surface area (Å²) >= 11 is 0. The normalized spacial score (nSPS) is 11.5. The number of benzene rings is 9. The number of rotatable bonds is 7. The van der Waals surface area contributed by atoms with Gasteiger partial charge in [0, 0.05) is 39.0 Å². The van der Waals surface area contributed by atoms with Gasteiger partial charge >= 0.3 is 0 Å². The molecule has 57 heavy (non-hydrogen) atoms. The Kier molecular flexibility index (Phi) is 7.78. The van der Waals surface area contributed by atoms with Crippen molar-refractivity contribution in [2.45, 2.75) is 0 Å². The highest BCUT2D eigenvalue weighted by Gasteiger charge is 2.19. The molecule has 11 rings (SSSR count). The zero-order chi connectivity index (χ0) is 37.7. The first-order chi connectivity index (χ1) is 28.2. The Balaban J connectivity index is 0.975. The van der Waals surface area contributed by atoms with Crippen LogP contribution < -0.4 is 4.90 Å². The lowest BCUT2D eigenvalue weighted by atomic mass is 9.94. The lowest BCUT2D eigenvalue weighted by Gasteiger charge is -2.26. The highest BCUT2D eigenvalue weighted by molar-refractivity contribution is 6.18. The molecule has 0 saturated heterocycles. The van der Waals surface area contributed by atoms with Gasteiger partial charge in [-0.1, -0.05) is 127 Å². The maximum Gasteiger partial charge on any atom is 0.227 e. The lowest BCUT2D eigenvalue weighted by molar-refractivity contribution is 0.620. The van der Waals surface area contributed by atoms with E-state index in [0.717, 1.165) is 83.3 Å². The topological polar surface area (TPSA) is 42.4 Å². The summed E-state index contributed by atoms with van der Waals surface area (Å²) in [6, 6.07) is 72.3. The maximum atomic E-state index is 6.86. The molecule has 2 heterocycles. The third kappa shape index (κ3) is 5.83. The maximum absolute atomic E-state index is 6.86. The monoisotopic (exact) mass is 730 g/mol. The zero-order valence-corrected chi connectivity index (χ0v) is 30.8. The molecule has 0 aliphatic heterocycles. The van der Waals surface area contributed by atoms with Gasteiger partial charge in [-0.05, 0) is 117 Å². The van der Waals surface area contributed by atoms with Gasteiger partial charge in [-0.25, -0.2) is 4.98 Å². The average Bonchev–Trinajstić information content (AvgIpc) is 3.88. The van der Waals surface area contributed by atoms with Crippen molar-refractivity contribution in [3.63, 3.8) is 0 Å². The second-order valence-corrected chi connectivity index (χ2v) is 14.4. The number of hydrogen-bond acceptors (Lipinski definition) is 4. The first-order valence-corrected chi connectivity index (χ1v) is 19.2. The summed E-state index contributed by atoms with van der Waals surface area (Å²) in [5.41, 5.74) is 14.3. The number of para-hydroxylation sites is 3. The summed E-state index contributed by atoms with van der Waals surface area (Å²) in [5, 5.41) is 4.53. The highest BCUT2D eigenvalue weighted by Crippen LogP contribution is 2.43. The van der Waals surface area contributed by atoms with E-state index in [4.69, 9.17) is 8.83 Å². The SMILES string of the molecule is c1ccc(-c2ccc(N(c3ccccc3)c3ccc(-c4c5ccccc5cc5c4oc4cc(-c6ccc(-c7nc8ccccc8o7)cc6)ccc45)cc3)cc2)cc1. The number of oxazole rings is 1. The summed E-state index contributed by atoms with van der Waals surface area (Å²) in [4.78, 5) is 6.98. The third-order valence-corrected chi connectivity index (χ3v) is 10.9. The van der Waals surface area contributed by atoms with Gasteiger partial charge in [0.1, 0.15) is 16.7 Å². The minimum Gasteiger partial charge on any atom is -0.455 e. The van der Waals surface area contributed by atoms with Crippen molar-refractivity contribution < 1.29 is 8.83 Å². The second-order valence-electron chi connectivity index (χ2n) is 14.4. The number of fused-ring (bicyclic) bond motifs is 5. The molecular formula is C53H34N2O2. The van der Waals surface area contributed by atoms with Crippen molar-refractivity contribution in [1.29, 1.82) is 0 Å². The first-order valence-electron chi connectivity index (χ1n) is 19.2. The van der Waals surface area contributed by atoms with Gasteiger partial charge in [-0.15, -0.1) is 0 Å². The second kappa shape index (κ2) is 13.6. The molecule has 268 valence electrons. The minimum absolute atomic E-state index is 0.619. The van der Waals surface area contributed by atoms with Crippen LogP contribution in [0.3, 0.4) is 0 Å². The van der Waals surface area contributed by atoms with E-state index in [1.807, 2.05) is 24.3 Å². The van der Waals surface area contributed by atoms with Gasteiger partial charge < -0.3 is 13.7 Å². The Morgan fingerprint density at radius 3 is 1.67 bits per heavy atom. The molecular weight excluding hydrogens is 697 g/mol. The Morgan fingerprint density at radius 1 is 0.351 bits per heavy atom. The van der Waals surface area contributed by atoms with Gasteiger partial charge in [0.2, 0.25) is 5.89 Å². The smallest absolute Gasteiger partial charge is 0.227 e. The van der Waals surface area contributed by atoms with Crippen LogP contribution in [0, 0.1) is 0 Å². The van der Waals surface area contributed by atoms with Gasteiger partial charge in [-0.2, -0.15) is 0 Å². The summed E-state index contributed by atoms with van der Waals surface area (Å²) in [6.45, 7) is 0.